The summed E-state index contributed by atoms with van der Waals surface area (Å²) < 4.78 is 13.7. The number of likely N-dealkylation sites (tertiary alicyclic amines) is 1. The van der Waals surface area contributed by atoms with Crippen LogP contribution in [0.5, 0.6) is 0 Å². The molecule has 1 fully saturated rings. The van der Waals surface area contributed by atoms with Crippen molar-refractivity contribution in [3.8, 4) is 0 Å². The van der Waals surface area contributed by atoms with Crippen LogP contribution < -0.4 is 5.32 Å². The number of Topliss-reactive ketones (excluding diaryl/α,β-unsaturated/α-hetero) is 1. The van der Waals surface area contributed by atoms with Crippen molar-refractivity contribution in [2.75, 3.05) is 25.5 Å². The molecule has 1 atom stereocenters. The van der Waals surface area contributed by atoms with E-state index in [0.717, 1.165) is 31.6 Å². The van der Waals surface area contributed by atoms with E-state index in [-0.39, 0.29) is 17.6 Å². The molecule has 1 saturated heterocycles. The van der Waals surface area contributed by atoms with Crippen molar-refractivity contribution in [1.29, 1.82) is 0 Å². The number of pyridine rings is 1. The van der Waals surface area contributed by atoms with E-state index >= 15 is 0 Å². The summed E-state index contributed by atoms with van der Waals surface area (Å²) in [5.74, 6) is 0.00134. The Bertz CT molecular complexity index is 844. The number of ketones is 1. The molecule has 1 aromatic carbocycles. The van der Waals surface area contributed by atoms with E-state index in [2.05, 4.69) is 27.2 Å². The molecule has 2 aliphatic rings. The number of anilines is 1. The van der Waals surface area contributed by atoms with E-state index in [9.17, 15) is 9.18 Å². The van der Waals surface area contributed by atoms with Crippen molar-refractivity contribution >= 4 is 23.0 Å². The van der Waals surface area contributed by atoms with Crippen LogP contribution in [-0.2, 0) is 0 Å². The van der Waals surface area contributed by atoms with Gasteiger partial charge in [0.2, 0.25) is 0 Å². The molecule has 134 valence electrons. The van der Waals surface area contributed by atoms with Gasteiger partial charge < -0.3 is 10.2 Å². The number of benzene rings is 1. The number of hydrogen-bond donors (Lipinski definition) is 1. The van der Waals surface area contributed by atoms with Crippen molar-refractivity contribution in [3.05, 3.63) is 54.1 Å². The largest absolute Gasteiger partial charge is 0.342 e. The van der Waals surface area contributed by atoms with Crippen LogP contribution >= 0.6 is 0 Å². The van der Waals surface area contributed by atoms with Gasteiger partial charge in [0.25, 0.3) is 0 Å². The lowest BCUT2D eigenvalue weighted by molar-refractivity contribution is 0.0881. The van der Waals surface area contributed by atoms with E-state index in [4.69, 9.17) is 0 Å². The first-order chi connectivity index (χ1) is 12.6. The third-order valence-electron chi connectivity index (χ3n) is 5.21. The summed E-state index contributed by atoms with van der Waals surface area (Å²) in [6.07, 6.45) is 5.25. The molecule has 6 heteroatoms. The zero-order valence-electron chi connectivity index (χ0n) is 14.7. The quantitative estimate of drug-likeness (QED) is 0.898. The second-order valence-corrected chi connectivity index (χ2v) is 7.01. The molecule has 5 nitrogen and oxygen atoms in total. The molecule has 4 rings (SSSR count). The highest BCUT2D eigenvalue weighted by Gasteiger charge is 2.38. The number of nitrogens with one attached hydrogen (secondary N) is 1. The van der Waals surface area contributed by atoms with Crippen LogP contribution in [0.3, 0.4) is 0 Å². The number of carbonyl (C=O) groups excluding carboxylic acids is 1. The Kier molecular flexibility index (Phi) is 4.51. The Labute approximate surface area is 152 Å². The number of fused-ring (bicyclic) bond motifs is 1. The molecule has 26 heavy (non-hydrogen) atoms. The fourth-order valence-corrected chi connectivity index (χ4v) is 3.78. The Hall–Kier alpha value is -2.60. The lowest BCUT2D eigenvalue weighted by atomic mass is 9.77. The minimum absolute atomic E-state index is 0.0459. The molecule has 1 N–H and O–H groups in total. The van der Waals surface area contributed by atoms with Crippen molar-refractivity contribution in [2.45, 2.75) is 12.8 Å². The predicted octanol–water partition coefficient (Wildman–Crippen LogP) is 3.52. The van der Waals surface area contributed by atoms with Gasteiger partial charge >= 0.3 is 0 Å². The van der Waals surface area contributed by atoms with Gasteiger partial charge in [-0.2, -0.15) is 0 Å². The number of halogens is 1. The normalized spacial score (nSPS) is 21.2. The van der Waals surface area contributed by atoms with Gasteiger partial charge in [0.05, 0.1) is 23.5 Å². The number of amidine groups is 1. The van der Waals surface area contributed by atoms with E-state index in [1.165, 1.54) is 12.1 Å². The molecule has 0 saturated carbocycles. The first-order valence-corrected chi connectivity index (χ1v) is 8.90. The summed E-state index contributed by atoms with van der Waals surface area (Å²) in [4.78, 5) is 24.3. The minimum Gasteiger partial charge on any atom is -0.342 e. The third kappa shape index (κ3) is 3.24. The molecule has 0 bridgehead atoms. The molecule has 2 aromatic rings. The maximum atomic E-state index is 13.7. The maximum Gasteiger partial charge on any atom is 0.176 e. The number of nitrogens with zero attached hydrogens (tertiary/aromatic N) is 3. The topological polar surface area (TPSA) is 57.6 Å². The molecule has 0 radical (unpaired) electrons. The van der Waals surface area contributed by atoms with Crippen LogP contribution in [0.2, 0.25) is 0 Å². The summed E-state index contributed by atoms with van der Waals surface area (Å²) in [7, 11) is 2.09. The molecular weight excluding hydrogens is 331 g/mol. The smallest absolute Gasteiger partial charge is 0.176 e. The van der Waals surface area contributed by atoms with Crippen LogP contribution in [0.15, 0.2) is 47.7 Å². The fourth-order valence-electron chi connectivity index (χ4n) is 3.78. The highest BCUT2D eigenvalue weighted by molar-refractivity contribution is 6.21. The van der Waals surface area contributed by atoms with Crippen molar-refractivity contribution in [3.63, 3.8) is 0 Å². The first-order valence-electron chi connectivity index (χ1n) is 8.90. The van der Waals surface area contributed by atoms with Gasteiger partial charge in [-0.05, 0) is 69.2 Å². The summed E-state index contributed by atoms with van der Waals surface area (Å²) in [5.41, 5.74) is 1.69. The number of carbonyl (C=O) groups is 1. The fraction of sp³-hybridized carbons (Fsp3) is 0.350. The molecule has 0 aliphatic carbocycles. The lowest BCUT2D eigenvalue weighted by Crippen LogP contribution is -2.42. The Morgan fingerprint density at radius 2 is 2.04 bits per heavy atom. The van der Waals surface area contributed by atoms with E-state index in [1.807, 2.05) is 12.1 Å². The van der Waals surface area contributed by atoms with Gasteiger partial charge in [-0.25, -0.2) is 9.38 Å². The third-order valence-corrected chi connectivity index (χ3v) is 5.21. The van der Waals surface area contributed by atoms with E-state index < -0.39 is 5.82 Å². The Balaban J connectivity index is 1.72. The Morgan fingerprint density at radius 1 is 1.23 bits per heavy atom. The average molecular weight is 352 g/mol. The van der Waals surface area contributed by atoms with Gasteiger partial charge in [0, 0.05) is 11.8 Å². The molecule has 1 aromatic heterocycles. The van der Waals surface area contributed by atoms with Crippen LogP contribution in [0, 0.1) is 17.7 Å². The van der Waals surface area contributed by atoms with Crippen molar-refractivity contribution in [1.82, 2.24) is 9.88 Å². The standard InChI is InChI=1S/C20H21FN4O/c1-25-9-6-13(7-10-25)18-19(26)16-11-14(21)4-5-17(16)24-20(18)23-15-3-2-8-22-12-15/h2-5,8,11-13,18H,6-7,9-10H2,1H3,(H,23,24). The van der Waals surface area contributed by atoms with Gasteiger partial charge in [0.15, 0.2) is 5.78 Å². The van der Waals surface area contributed by atoms with E-state index in [1.54, 1.807) is 18.5 Å². The second kappa shape index (κ2) is 6.96. The zero-order valence-corrected chi connectivity index (χ0v) is 14.7. The first kappa shape index (κ1) is 16.8. The molecule has 0 spiro atoms. The zero-order chi connectivity index (χ0) is 18.1. The highest BCUT2D eigenvalue weighted by atomic mass is 19.1. The number of hydrogen-bond acceptors (Lipinski definition) is 5. The highest BCUT2D eigenvalue weighted by Crippen LogP contribution is 2.36. The number of piperidine rings is 1. The maximum absolute atomic E-state index is 13.7. The minimum atomic E-state index is -0.405. The monoisotopic (exact) mass is 352 g/mol. The molecule has 2 aliphatic heterocycles. The van der Waals surface area contributed by atoms with Crippen LogP contribution in [0.4, 0.5) is 15.8 Å². The SMILES string of the molecule is CN1CCC(C2C(=O)c3cc(F)ccc3N=C2Nc2cccnc2)CC1. The number of aromatic nitrogens is 1. The summed E-state index contributed by atoms with van der Waals surface area (Å²) in [6.45, 7) is 1.90. The van der Waals surface area contributed by atoms with Gasteiger partial charge in [-0.15, -0.1) is 0 Å². The summed E-state index contributed by atoms with van der Waals surface area (Å²) in [5, 5.41) is 3.28. The number of rotatable bonds is 2. The predicted molar refractivity (Wildman–Crippen MR) is 99.4 cm³/mol. The second-order valence-electron chi connectivity index (χ2n) is 7.01. The van der Waals surface area contributed by atoms with Crippen LogP contribution in [-0.4, -0.2) is 41.6 Å². The Morgan fingerprint density at radius 3 is 2.77 bits per heavy atom. The average Bonchev–Trinajstić information content (AvgIpc) is 2.65. The molecular formula is C20H21FN4O. The molecule has 0 amide bonds. The molecule has 1 unspecified atom stereocenters. The van der Waals surface area contributed by atoms with E-state index in [0.29, 0.717) is 17.1 Å². The summed E-state index contributed by atoms with van der Waals surface area (Å²) in [6, 6.07) is 7.95. The lowest BCUT2D eigenvalue weighted by Gasteiger charge is -2.36. The van der Waals surface area contributed by atoms with Crippen molar-refractivity contribution in [2.24, 2.45) is 16.8 Å². The number of aliphatic imine (C=N–C) groups is 1. The van der Waals surface area contributed by atoms with Crippen LogP contribution in [0.25, 0.3) is 0 Å². The van der Waals surface area contributed by atoms with Gasteiger partial charge in [0.1, 0.15) is 11.7 Å². The molecule has 3 heterocycles. The van der Waals surface area contributed by atoms with Gasteiger partial charge in [-0.3, -0.25) is 9.78 Å². The summed E-state index contributed by atoms with van der Waals surface area (Å²) >= 11 is 0. The van der Waals surface area contributed by atoms with Crippen LogP contribution in [0.1, 0.15) is 23.2 Å². The van der Waals surface area contributed by atoms with Crippen molar-refractivity contribution < 1.29 is 9.18 Å². The van der Waals surface area contributed by atoms with Gasteiger partial charge in [-0.1, -0.05) is 0 Å².